The quantitative estimate of drug-likeness (QED) is 0.355. The molecule has 0 bridgehead atoms. The maximum absolute atomic E-state index is 13.8. The van der Waals surface area contributed by atoms with E-state index in [4.69, 9.17) is 4.74 Å². The number of aromatic nitrogens is 1. The number of rotatable bonds is 11. The Kier molecular flexibility index (Phi) is 9.61. The third kappa shape index (κ3) is 7.40. The van der Waals surface area contributed by atoms with Crippen molar-refractivity contribution in [3.63, 3.8) is 0 Å². The molecule has 39 heavy (non-hydrogen) atoms. The second kappa shape index (κ2) is 13.5. The van der Waals surface area contributed by atoms with E-state index in [0.717, 1.165) is 25.7 Å². The molecule has 1 unspecified atom stereocenters. The predicted octanol–water partition coefficient (Wildman–Crippen LogP) is 5.17. The van der Waals surface area contributed by atoms with Gasteiger partial charge in [0.15, 0.2) is 0 Å². The molecule has 0 saturated heterocycles. The first-order chi connectivity index (χ1) is 19.0. The van der Waals surface area contributed by atoms with Crippen molar-refractivity contribution < 1.29 is 23.5 Å². The standard InChI is InChI=1S/C30H33FN4O4/c1-39-25-12-5-4-11-24(25)35(28(37)15-8-14-27(36)34-26-13-6-7-20-32-26)29(21-16-18-22(31)19-17-21)30(38)33-23-9-2-3-10-23/h4-7,11-13,16-20,23,29H,2-3,8-10,14-15H2,1H3,(H,33,38)(H,32,34,36). The van der Waals surface area contributed by atoms with Crippen molar-refractivity contribution in [2.45, 2.75) is 57.0 Å². The fourth-order valence-corrected chi connectivity index (χ4v) is 4.82. The molecule has 204 valence electrons. The lowest BCUT2D eigenvalue weighted by atomic mass is 10.0. The summed E-state index contributed by atoms with van der Waals surface area (Å²) in [5.74, 6) is -0.562. The van der Waals surface area contributed by atoms with E-state index in [1.54, 1.807) is 48.7 Å². The van der Waals surface area contributed by atoms with Gasteiger partial charge in [-0.3, -0.25) is 19.3 Å². The molecule has 2 N–H and O–H groups in total. The van der Waals surface area contributed by atoms with Crippen LogP contribution in [0.25, 0.3) is 0 Å². The average molecular weight is 533 g/mol. The summed E-state index contributed by atoms with van der Waals surface area (Å²) in [4.78, 5) is 45.5. The van der Waals surface area contributed by atoms with Gasteiger partial charge in [0, 0.05) is 25.1 Å². The van der Waals surface area contributed by atoms with Crippen molar-refractivity contribution in [3.05, 3.63) is 84.3 Å². The number of hydrogen-bond acceptors (Lipinski definition) is 5. The molecule has 8 nitrogen and oxygen atoms in total. The Bertz CT molecular complexity index is 1260. The van der Waals surface area contributed by atoms with Crippen molar-refractivity contribution in [1.29, 1.82) is 0 Å². The van der Waals surface area contributed by atoms with Crippen LogP contribution in [-0.2, 0) is 14.4 Å². The van der Waals surface area contributed by atoms with Crippen LogP contribution in [0.5, 0.6) is 5.75 Å². The SMILES string of the molecule is COc1ccccc1N(C(=O)CCCC(=O)Nc1ccccn1)C(C(=O)NC1CCCC1)c1ccc(F)cc1. The van der Waals surface area contributed by atoms with Gasteiger partial charge in [0.2, 0.25) is 17.7 Å². The minimum atomic E-state index is -1.06. The fraction of sp³-hybridized carbons (Fsp3) is 0.333. The first-order valence-corrected chi connectivity index (χ1v) is 13.2. The Balaban J connectivity index is 1.60. The topological polar surface area (TPSA) is 101 Å². The number of nitrogens with zero attached hydrogens (tertiary/aromatic N) is 2. The summed E-state index contributed by atoms with van der Waals surface area (Å²) in [6.07, 6.45) is 5.73. The third-order valence-electron chi connectivity index (χ3n) is 6.73. The summed E-state index contributed by atoms with van der Waals surface area (Å²) in [6, 6.07) is 16.7. The number of para-hydroxylation sites is 2. The molecule has 1 saturated carbocycles. The minimum Gasteiger partial charge on any atom is -0.495 e. The first kappa shape index (κ1) is 27.8. The summed E-state index contributed by atoms with van der Waals surface area (Å²) in [5, 5.41) is 5.81. The van der Waals surface area contributed by atoms with Crippen molar-refractivity contribution in [3.8, 4) is 5.75 Å². The molecular weight excluding hydrogens is 499 g/mol. The van der Waals surface area contributed by atoms with Crippen molar-refractivity contribution in [1.82, 2.24) is 10.3 Å². The number of nitrogens with one attached hydrogen (secondary N) is 2. The molecule has 0 radical (unpaired) electrons. The van der Waals surface area contributed by atoms with E-state index in [1.807, 2.05) is 0 Å². The number of pyridine rings is 1. The summed E-state index contributed by atoms with van der Waals surface area (Å²) >= 11 is 0. The zero-order valence-electron chi connectivity index (χ0n) is 21.9. The lowest BCUT2D eigenvalue weighted by Gasteiger charge is -2.33. The van der Waals surface area contributed by atoms with Gasteiger partial charge in [-0.1, -0.05) is 43.2 Å². The number of benzene rings is 2. The molecule has 0 spiro atoms. The highest BCUT2D eigenvalue weighted by Gasteiger charge is 2.35. The highest BCUT2D eigenvalue weighted by atomic mass is 19.1. The molecule has 1 aliphatic rings. The Labute approximate surface area is 227 Å². The fourth-order valence-electron chi connectivity index (χ4n) is 4.82. The van der Waals surface area contributed by atoms with Gasteiger partial charge in [0.25, 0.3) is 0 Å². The van der Waals surface area contributed by atoms with Crippen LogP contribution < -0.4 is 20.3 Å². The number of ether oxygens (including phenoxy) is 1. The molecule has 3 aromatic rings. The molecule has 1 aliphatic carbocycles. The van der Waals surface area contributed by atoms with Gasteiger partial charge in [-0.2, -0.15) is 0 Å². The van der Waals surface area contributed by atoms with E-state index in [0.29, 0.717) is 22.8 Å². The Morgan fingerprint density at radius 3 is 2.41 bits per heavy atom. The highest BCUT2D eigenvalue weighted by molar-refractivity contribution is 6.02. The van der Waals surface area contributed by atoms with Gasteiger partial charge in [-0.25, -0.2) is 9.37 Å². The summed E-state index contributed by atoms with van der Waals surface area (Å²) in [5.41, 5.74) is 0.887. The van der Waals surface area contributed by atoms with Gasteiger partial charge in [-0.05, 0) is 61.2 Å². The summed E-state index contributed by atoms with van der Waals surface area (Å²) in [7, 11) is 1.49. The van der Waals surface area contributed by atoms with E-state index in [9.17, 15) is 18.8 Å². The smallest absolute Gasteiger partial charge is 0.248 e. The number of anilines is 2. The molecule has 2 aromatic carbocycles. The van der Waals surface area contributed by atoms with Crippen molar-refractivity contribution in [2.24, 2.45) is 0 Å². The number of hydrogen-bond donors (Lipinski definition) is 2. The summed E-state index contributed by atoms with van der Waals surface area (Å²) in [6.45, 7) is 0. The number of methoxy groups -OCH3 is 1. The Hall–Kier alpha value is -4.27. The second-order valence-electron chi connectivity index (χ2n) is 9.50. The van der Waals surface area contributed by atoms with E-state index in [2.05, 4.69) is 15.6 Å². The van der Waals surface area contributed by atoms with E-state index in [1.165, 1.54) is 36.3 Å². The maximum Gasteiger partial charge on any atom is 0.248 e. The van der Waals surface area contributed by atoms with Crippen LogP contribution in [0.4, 0.5) is 15.9 Å². The van der Waals surface area contributed by atoms with Gasteiger partial charge in [0.05, 0.1) is 12.8 Å². The van der Waals surface area contributed by atoms with Crippen LogP contribution in [0.15, 0.2) is 72.9 Å². The molecule has 1 heterocycles. The van der Waals surface area contributed by atoms with E-state index >= 15 is 0 Å². The summed E-state index contributed by atoms with van der Waals surface area (Å²) < 4.78 is 19.4. The molecular formula is C30H33FN4O4. The lowest BCUT2D eigenvalue weighted by Crippen LogP contribution is -2.46. The van der Waals surface area contributed by atoms with Crippen LogP contribution in [0, 0.1) is 5.82 Å². The normalized spacial score (nSPS) is 13.9. The zero-order chi connectivity index (χ0) is 27.6. The largest absolute Gasteiger partial charge is 0.495 e. The monoisotopic (exact) mass is 532 g/mol. The second-order valence-corrected chi connectivity index (χ2v) is 9.50. The minimum absolute atomic E-state index is 0.00207. The Morgan fingerprint density at radius 2 is 1.72 bits per heavy atom. The Morgan fingerprint density at radius 1 is 1.00 bits per heavy atom. The van der Waals surface area contributed by atoms with Crippen LogP contribution in [0.1, 0.15) is 56.6 Å². The van der Waals surface area contributed by atoms with Crippen LogP contribution in [0.3, 0.4) is 0 Å². The molecule has 1 atom stereocenters. The van der Waals surface area contributed by atoms with E-state index in [-0.39, 0.29) is 43.0 Å². The van der Waals surface area contributed by atoms with E-state index < -0.39 is 11.9 Å². The number of carbonyl (C=O) groups is 3. The predicted molar refractivity (Wildman–Crippen MR) is 147 cm³/mol. The molecule has 3 amide bonds. The van der Waals surface area contributed by atoms with Crippen LogP contribution >= 0.6 is 0 Å². The number of amides is 3. The molecule has 1 fully saturated rings. The molecule has 1 aromatic heterocycles. The maximum atomic E-state index is 13.8. The molecule has 4 rings (SSSR count). The van der Waals surface area contributed by atoms with Crippen molar-refractivity contribution >= 4 is 29.2 Å². The van der Waals surface area contributed by atoms with Gasteiger partial charge >= 0.3 is 0 Å². The third-order valence-corrected chi connectivity index (χ3v) is 6.73. The van der Waals surface area contributed by atoms with Crippen LogP contribution in [0.2, 0.25) is 0 Å². The number of halogens is 1. The zero-order valence-corrected chi connectivity index (χ0v) is 21.9. The molecule has 0 aliphatic heterocycles. The van der Waals surface area contributed by atoms with Gasteiger partial charge in [-0.15, -0.1) is 0 Å². The van der Waals surface area contributed by atoms with Gasteiger partial charge < -0.3 is 15.4 Å². The molecule has 9 heteroatoms. The van der Waals surface area contributed by atoms with Crippen LogP contribution in [-0.4, -0.2) is 35.9 Å². The van der Waals surface area contributed by atoms with Gasteiger partial charge in [0.1, 0.15) is 23.4 Å². The lowest BCUT2D eigenvalue weighted by molar-refractivity contribution is -0.127. The highest BCUT2D eigenvalue weighted by Crippen LogP contribution is 2.36. The van der Waals surface area contributed by atoms with Crippen molar-refractivity contribution in [2.75, 3.05) is 17.3 Å². The first-order valence-electron chi connectivity index (χ1n) is 13.2. The number of carbonyl (C=O) groups excluding carboxylic acids is 3. The average Bonchev–Trinajstić information content (AvgIpc) is 3.46.